The minimum atomic E-state index is 0.00837. The number of fused-ring (bicyclic) bond motifs is 1. The number of halogens is 1. The van der Waals surface area contributed by atoms with Crippen LogP contribution in [0.5, 0.6) is 5.75 Å². The molecule has 2 saturated heterocycles. The Morgan fingerprint density at radius 3 is 2.59 bits per heavy atom. The van der Waals surface area contributed by atoms with E-state index in [2.05, 4.69) is 35.2 Å². The summed E-state index contributed by atoms with van der Waals surface area (Å²) in [6.07, 6.45) is 2.31. The van der Waals surface area contributed by atoms with Crippen molar-refractivity contribution in [2.45, 2.75) is 44.8 Å². The largest absolute Gasteiger partial charge is 0.489 e. The fraction of sp³-hybridized carbons (Fsp3) is 0.458. The highest BCUT2D eigenvalue weighted by atomic mass is 35.5. The topological polar surface area (TPSA) is 32.8 Å². The van der Waals surface area contributed by atoms with Gasteiger partial charge in [0.25, 0.3) is 5.91 Å². The molecule has 2 aliphatic rings. The molecule has 0 radical (unpaired) electrons. The molecule has 2 aromatic carbocycles. The summed E-state index contributed by atoms with van der Waals surface area (Å²) in [5.74, 6) is 1.18. The second-order valence-corrected chi connectivity index (χ2v) is 8.75. The van der Waals surface area contributed by atoms with E-state index in [0.717, 1.165) is 32.6 Å². The SMILES string of the molecule is CC(C)Oc1cccc(C(=O)N2CCN3C[C@@H](c4ccccc4)CC[C@@H]3C2)c1Cl. The van der Waals surface area contributed by atoms with Crippen LogP contribution in [0.15, 0.2) is 48.5 Å². The standard InChI is InChI=1S/C24H29ClN2O2/c1-17(2)29-22-10-6-9-21(23(22)25)24(28)27-14-13-26-15-19(11-12-20(26)16-27)18-7-4-3-5-8-18/h3-10,17,19-20H,11-16H2,1-2H3/t19-,20+/m0/s1. The van der Waals surface area contributed by atoms with Gasteiger partial charge < -0.3 is 9.64 Å². The van der Waals surface area contributed by atoms with Gasteiger partial charge in [-0.1, -0.05) is 48.0 Å². The van der Waals surface area contributed by atoms with Crippen molar-refractivity contribution in [1.82, 2.24) is 9.80 Å². The van der Waals surface area contributed by atoms with Gasteiger partial charge in [-0.05, 0) is 50.3 Å². The summed E-state index contributed by atoms with van der Waals surface area (Å²) in [5, 5.41) is 0.418. The third kappa shape index (κ3) is 4.44. The molecule has 0 aliphatic carbocycles. The summed E-state index contributed by atoms with van der Waals surface area (Å²) in [6, 6.07) is 16.7. The van der Waals surface area contributed by atoms with Crippen molar-refractivity contribution in [1.29, 1.82) is 0 Å². The average Bonchev–Trinajstić information content (AvgIpc) is 2.74. The van der Waals surface area contributed by atoms with Crippen LogP contribution >= 0.6 is 11.6 Å². The van der Waals surface area contributed by atoms with Crippen molar-refractivity contribution in [2.24, 2.45) is 0 Å². The smallest absolute Gasteiger partial charge is 0.255 e. The molecule has 154 valence electrons. The Hall–Kier alpha value is -2.04. The van der Waals surface area contributed by atoms with Gasteiger partial charge in [0.1, 0.15) is 5.75 Å². The van der Waals surface area contributed by atoms with E-state index in [1.807, 2.05) is 30.9 Å². The number of piperazine rings is 1. The van der Waals surface area contributed by atoms with Gasteiger partial charge in [0, 0.05) is 32.2 Å². The lowest BCUT2D eigenvalue weighted by Crippen LogP contribution is -2.57. The Kier molecular flexibility index (Phi) is 6.12. The van der Waals surface area contributed by atoms with E-state index in [0.29, 0.717) is 28.3 Å². The lowest BCUT2D eigenvalue weighted by molar-refractivity contribution is 0.0329. The fourth-order valence-electron chi connectivity index (χ4n) is 4.55. The van der Waals surface area contributed by atoms with Gasteiger partial charge >= 0.3 is 0 Å². The normalized spacial score (nSPS) is 22.4. The molecule has 4 nitrogen and oxygen atoms in total. The van der Waals surface area contributed by atoms with Crippen LogP contribution in [0.3, 0.4) is 0 Å². The number of rotatable bonds is 4. The van der Waals surface area contributed by atoms with Crippen LogP contribution in [0.2, 0.25) is 5.02 Å². The minimum Gasteiger partial charge on any atom is -0.489 e. The van der Waals surface area contributed by atoms with Gasteiger partial charge in [-0.15, -0.1) is 0 Å². The van der Waals surface area contributed by atoms with E-state index in [9.17, 15) is 4.79 Å². The Bertz CT molecular complexity index is 855. The number of piperidine rings is 1. The first kappa shape index (κ1) is 20.2. The summed E-state index contributed by atoms with van der Waals surface area (Å²) in [7, 11) is 0. The Labute approximate surface area is 178 Å². The molecular formula is C24H29ClN2O2. The van der Waals surface area contributed by atoms with Crippen molar-refractivity contribution in [2.75, 3.05) is 26.2 Å². The maximum Gasteiger partial charge on any atom is 0.255 e. The second kappa shape index (κ2) is 8.76. The van der Waals surface area contributed by atoms with Crippen molar-refractivity contribution >= 4 is 17.5 Å². The number of nitrogens with zero attached hydrogens (tertiary/aromatic N) is 2. The molecule has 2 atom stereocenters. The monoisotopic (exact) mass is 412 g/mol. The van der Waals surface area contributed by atoms with Crippen molar-refractivity contribution in [3.63, 3.8) is 0 Å². The van der Waals surface area contributed by atoms with Gasteiger partial charge in [-0.3, -0.25) is 9.69 Å². The van der Waals surface area contributed by atoms with Crippen LogP contribution in [0, 0.1) is 0 Å². The lowest BCUT2D eigenvalue weighted by Gasteiger charge is -2.46. The lowest BCUT2D eigenvalue weighted by atomic mass is 9.86. The number of carbonyl (C=O) groups is 1. The molecule has 0 aromatic heterocycles. The molecule has 2 fully saturated rings. The van der Waals surface area contributed by atoms with Gasteiger partial charge in [0.05, 0.1) is 16.7 Å². The molecule has 0 bridgehead atoms. The van der Waals surface area contributed by atoms with E-state index >= 15 is 0 Å². The van der Waals surface area contributed by atoms with E-state index in [1.165, 1.54) is 12.0 Å². The van der Waals surface area contributed by atoms with E-state index in [1.54, 1.807) is 6.07 Å². The molecular weight excluding hydrogens is 384 g/mol. The molecule has 2 heterocycles. The summed E-state index contributed by atoms with van der Waals surface area (Å²) in [5.41, 5.74) is 1.97. The Morgan fingerprint density at radius 1 is 1.03 bits per heavy atom. The highest BCUT2D eigenvalue weighted by Gasteiger charge is 2.35. The summed E-state index contributed by atoms with van der Waals surface area (Å²) in [4.78, 5) is 17.7. The maximum absolute atomic E-state index is 13.2. The van der Waals surface area contributed by atoms with Crippen molar-refractivity contribution in [3.8, 4) is 5.75 Å². The molecule has 5 heteroatoms. The quantitative estimate of drug-likeness (QED) is 0.720. The molecule has 1 amide bonds. The highest BCUT2D eigenvalue weighted by Crippen LogP contribution is 2.33. The zero-order valence-electron chi connectivity index (χ0n) is 17.2. The molecule has 2 aromatic rings. The van der Waals surface area contributed by atoms with Gasteiger partial charge in [-0.2, -0.15) is 0 Å². The number of carbonyl (C=O) groups excluding carboxylic acids is 1. The highest BCUT2D eigenvalue weighted by molar-refractivity contribution is 6.35. The predicted molar refractivity (Wildman–Crippen MR) is 117 cm³/mol. The van der Waals surface area contributed by atoms with Gasteiger partial charge in [0.15, 0.2) is 0 Å². The average molecular weight is 413 g/mol. The number of benzene rings is 2. The summed E-state index contributed by atoms with van der Waals surface area (Å²) in [6.45, 7) is 7.41. The molecule has 4 rings (SSSR count). The second-order valence-electron chi connectivity index (χ2n) is 8.37. The first-order chi connectivity index (χ1) is 14.0. The Balaban J connectivity index is 1.42. The van der Waals surface area contributed by atoms with Crippen LogP contribution in [0.1, 0.15) is 48.5 Å². The van der Waals surface area contributed by atoms with Crippen LogP contribution in [0.25, 0.3) is 0 Å². The number of amides is 1. The first-order valence-electron chi connectivity index (χ1n) is 10.6. The van der Waals surface area contributed by atoms with Crippen LogP contribution in [-0.4, -0.2) is 54.0 Å². The van der Waals surface area contributed by atoms with Crippen molar-refractivity contribution < 1.29 is 9.53 Å². The van der Waals surface area contributed by atoms with Crippen LogP contribution in [-0.2, 0) is 0 Å². The molecule has 0 spiro atoms. The zero-order valence-corrected chi connectivity index (χ0v) is 17.9. The molecule has 2 aliphatic heterocycles. The fourth-order valence-corrected chi connectivity index (χ4v) is 4.80. The summed E-state index contributed by atoms with van der Waals surface area (Å²) < 4.78 is 5.75. The number of ether oxygens (including phenoxy) is 1. The van der Waals surface area contributed by atoms with Crippen molar-refractivity contribution in [3.05, 3.63) is 64.7 Å². The minimum absolute atomic E-state index is 0.00837. The third-order valence-electron chi connectivity index (χ3n) is 6.02. The molecule has 0 unspecified atom stereocenters. The number of hydrogen-bond donors (Lipinski definition) is 0. The van der Waals surface area contributed by atoms with Crippen LogP contribution in [0.4, 0.5) is 0 Å². The zero-order chi connectivity index (χ0) is 20.4. The van der Waals surface area contributed by atoms with Gasteiger partial charge in [-0.25, -0.2) is 0 Å². The Morgan fingerprint density at radius 2 is 1.83 bits per heavy atom. The van der Waals surface area contributed by atoms with E-state index in [4.69, 9.17) is 16.3 Å². The summed E-state index contributed by atoms with van der Waals surface area (Å²) >= 11 is 6.51. The van der Waals surface area contributed by atoms with E-state index in [-0.39, 0.29) is 12.0 Å². The third-order valence-corrected chi connectivity index (χ3v) is 6.41. The van der Waals surface area contributed by atoms with Gasteiger partial charge in [0.2, 0.25) is 0 Å². The molecule has 0 saturated carbocycles. The van der Waals surface area contributed by atoms with E-state index < -0.39 is 0 Å². The first-order valence-corrected chi connectivity index (χ1v) is 10.9. The predicted octanol–water partition coefficient (Wildman–Crippen LogP) is 4.83. The molecule has 0 N–H and O–H groups in total. The molecule has 29 heavy (non-hydrogen) atoms. The maximum atomic E-state index is 13.2. The number of hydrogen-bond acceptors (Lipinski definition) is 3. The van der Waals surface area contributed by atoms with Crippen LogP contribution < -0.4 is 4.74 Å².